The van der Waals surface area contributed by atoms with Gasteiger partial charge in [-0.1, -0.05) is 19.0 Å². The molecule has 0 unspecified atom stereocenters. The number of fused-ring (bicyclic) bond motifs is 1. The Morgan fingerprint density at radius 2 is 2.07 bits per heavy atom. The predicted octanol–water partition coefficient (Wildman–Crippen LogP) is 0.292. The second kappa shape index (κ2) is 7.23. The van der Waals surface area contributed by atoms with E-state index in [4.69, 9.17) is 4.52 Å². The minimum absolute atomic E-state index is 0.0479. The third kappa shape index (κ3) is 3.86. The Morgan fingerprint density at radius 3 is 2.67 bits per heavy atom. The molecule has 2 amide bonds. The molecule has 2 aliphatic heterocycles. The van der Waals surface area contributed by atoms with Gasteiger partial charge >= 0.3 is 0 Å². The summed E-state index contributed by atoms with van der Waals surface area (Å²) in [6.45, 7) is 8.05. The summed E-state index contributed by atoms with van der Waals surface area (Å²) in [6.07, 6.45) is 0.387. The van der Waals surface area contributed by atoms with Crippen LogP contribution in [-0.4, -0.2) is 72.1 Å². The van der Waals surface area contributed by atoms with Gasteiger partial charge in [-0.15, -0.1) is 0 Å². The summed E-state index contributed by atoms with van der Waals surface area (Å²) in [4.78, 5) is 27.3. The van der Waals surface area contributed by atoms with E-state index in [9.17, 15) is 18.0 Å². The zero-order valence-electron chi connectivity index (χ0n) is 16.1. The summed E-state index contributed by atoms with van der Waals surface area (Å²) < 4.78 is 31.0. The Morgan fingerprint density at radius 1 is 1.37 bits per heavy atom. The molecule has 1 aromatic rings. The molecule has 0 spiro atoms. The quantitative estimate of drug-likeness (QED) is 0.776. The van der Waals surface area contributed by atoms with E-state index >= 15 is 0 Å². The highest BCUT2D eigenvalue weighted by molar-refractivity contribution is 7.89. The third-order valence-corrected chi connectivity index (χ3v) is 6.73. The molecule has 27 heavy (non-hydrogen) atoms. The average molecular weight is 398 g/mol. The fourth-order valence-corrected chi connectivity index (χ4v) is 5.36. The van der Waals surface area contributed by atoms with Crippen molar-refractivity contribution in [2.45, 2.75) is 46.2 Å². The number of aryl methyl sites for hydroxylation is 2. The van der Waals surface area contributed by atoms with Crippen molar-refractivity contribution in [1.82, 2.24) is 19.7 Å². The standard InChI is InChI=1S/C17H26N4O5S/c1-10(2)8-21-17(23)14-7-13(9-20(14)5-6-27(21,24)25)18-16(22)15-11(3)19-26-12(15)4/h10,13-14H,5-9H2,1-4H3,(H,18,22)/t13-,14-/m0/s1. The Bertz CT molecular complexity index is 828. The number of hydrogen-bond donors (Lipinski definition) is 1. The number of hydrogen-bond acceptors (Lipinski definition) is 7. The van der Waals surface area contributed by atoms with Crippen LogP contribution in [0.2, 0.25) is 0 Å². The summed E-state index contributed by atoms with van der Waals surface area (Å²) >= 11 is 0. The molecule has 0 saturated carbocycles. The molecule has 10 heteroatoms. The molecule has 0 aromatic carbocycles. The molecule has 0 radical (unpaired) electrons. The summed E-state index contributed by atoms with van der Waals surface area (Å²) in [6, 6.07) is -0.766. The Hall–Kier alpha value is -1.94. The van der Waals surface area contributed by atoms with Crippen molar-refractivity contribution in [3.05, 3.63) is 17.0 Å². The second-order valence-corrected chi connectivity index (χ2v) is 9.71. The number of sulfonamides is 1. The lowest BCUT2D eigenvalue weighted by Crippen LogP contribution is -2.45. The van der Waals surface area contributed by atoms with E-state index in [1.165, 1.54) is 0 Å². The number of rotatable bonds is 4. The van der Waals surface area contributed by atoms with Gasteiger partial charge in [0.15, 0.2) is 0 Å². The highest BCUT2D eigenvalue weighted by atomic mass is 32.2. The van der Waals surface area contributed by atoms with E-state index in [2.05, 4.69) is 10.5 Å². The first-order valence-electron chi connectivity index (χ1n) is 9.12. The van der Waals surface area contributed by atoms with Gasteiger partial charge in [0.1, 0.15) is 11.3 Å². The number of nitrogens with zero attached hydrogens (tertiary/aromatic N) is 3. The first-order chi connectivity index (χ1) is 12.6. The monoisotopic (exact) mass is 398 g/mol. The van der Waals surface area contributed by atoms with E-state index in [1.807, 2.05) is 18.7 Å². The molecule has 3 heterocycles. The minimum atomic E-state index is -3.60. The fourth-order valence-electron chi connectivity index (χ4n) is 3.76. The zero-order valence-corrected chi connectivity index (χ0v) is 16.9. The van der Waals surface area contributed by atoms with Crippen LogP contribution < -0.4 is 5.32 Å². The normalized spacial score (nSPS) is 25.5. The van der Waals surface area contributed by atoms with Gasteiger partial charge in [-0.05, 0) is 26.2 Å². The van der Waals surface area contributed by atoms with Crippen LogP contribution in [-0.2, 0) is 14.8 Å². The van der Waals surface area contributed by atoms with Gasteiger partial charge in [-0.25, -0.2) is 12.7 Å². The van der Waals surface area contributed by atoms with Crippen LogP contribution >= 0.6 is 0 Å². The van der Waals surface area contributed by atoms with Crippen molar-refractivity contribution in [1.29, 1.82) is 0 Å². The largest absolute Gasteiger partial charge is 0.361 e. The van der Waals surface area contributed by atoms with Gasteiger partial charge in [-0.3, -0.25) is 14.5 Å². The summed E-state index contributed by atoms with van der Waals surface area (Å²) in [5, 5.41) is 6.72. The fraction of sp³-hybridized carbons (Fsp3) is 0.706. The van der Waals surface area contributed by atoms with Crippen molar-refractivity contribution in [3.8, 4) is 0 Å². The molecular formula is C17H26N4O5S. The molecule has 150 valence electrons. The van der Waals surface area contributed by atoms with Crippen LogP contribution in [0.25, 0.3) is 0 Å². The van der Waals surface area contributed by atoms with Crippen molar-refractivity contribution >= 4 is 21.8 Å². The van der Waals surface area contributed by atoms with Crippen LogP contribution in [0.3, 0.4) is 0 Å². The van der Waals surface area contributed by atoms with E-state index in [0.717, 1.165) is 4.31 Å². The molecule has 0 bridgehead atoms. The van der Waals surface area contributed by atoms with E-state index in [0.29, 0.717) is 30.0 Å². The van der Waals surface area contributed by atoms with Crippen molar-refractivity contribution < 1.29 is 22.5 Å². The SMILES string of the molecule is Cc1noc(C)c1C(=O)N[C@H]1C[C@H]2C(=O)N(CC(C)C)S(=O)(=O)CCN2C1. The molecular weight excluding hydrogens is 372 g/mol. The molecule has 3 rings (SSSR count). The smallest absolute Gasteiger partial charge is 0.257 e. The number of nitrogens with one attached hydrogen (secondary N) is 1. The van der Waals surface area contributed by atoms with Gasteiger partial charge in [0, 0.05) is 25.7 Å². The van der Waals surface area contributed by atoms with Crippen LogP contribution in [0.5, 0.6) is 0 Å². The van der Waals surface area contributed by atoms with Crippen molar-refractivity contribution in [2.24, 2.45) is 5.92 Å². The van der Waals surface area contributed by atoms with E-state index in [-0.39, 0.29) is 36.7 Å². The van der Waals surface area contributed by atoms with Gasteiger partial charge in [0.2, 0.25) is 10.0 Å². The van der Waals surface area contributed by atoms with Crippen LogP contribution in [0.15, 0.2) is 4.52 Å². The average Bonchev–Trinajstić information content (AvgIpc) is 3.10. The van der Waals surface area contributed by atoms with Crippen LogP contribution in [0, 0.1) is 19.8 Å². The number of amides is 2. The van der Waals surface area contributed by atoms with Crippen LogP contribution in [0.4, 0.5) is 0 Å². The Balaban J connectivity index is 1.74. The maximum absolute atomic E-state index is 12.9. The van der Waals surface area contributed by atoms with Gasteiger partial charge in [-0.2, -0.15) is 0 Å². The summed E-state index contributed by atoms with van der Waals surface area (Å²) in [5.41, 5.74) is 0.926. The predicted molar refractivity (Wildman–Crippen MR) is 97.5 cm³/mol. The zero-order chi connectivity index (χ0) is 19.9. The molecule has 2 aliphatic rings. The lowest BCUT2D eigenvalue weighted by atomic mass is 10.1. The molecule has 9 nitrogen and oxygen atoms in total. The summed E-state index contributed by atoms with van der Waals surface area (Å²) in [5.74, 6) is -0.273. The molecule has 0 aliphatic carbocycles. The highest BCUT2D eigenvalue weighted by Gasteiger charge is 2.45. The van der Waals surface area contributed by atoms with E-state index < -0.39 is 22.0 Å². The highest BCUT2D eigenvalue weighted by Crippen LogP contribution is 2.26. The van der Waals surface area contributed by atoms with E-state index in [1.54, 1.807) is 13.8 Å². The molecule has 2 atom stereocenters. The lowest BCUT2D eigenvalue weighted by molar-refractivity contribution is -0.130. The van der Waals surface area contributed by atoms with Crippen molar-refractivity contribution in [2.75, 3.05) is 25.4 Å². The first-order valence-corrected chi connectivity index (χ1v) is 10.7. The van der Waals surface area contributed by atoms with Gasteiger partial charge in [0.25, 0.3) is 11.8 Å². The van der Waals surface area contributed by atoms with Gasteiger partial charge in [0.05, 0.1) is 17.5 Å². The maximum Gasteiger partial charge on any atom is 0.257 e. The maximum atomic E-state index is 12.9. The molecule has 1 aromatic heterocycles. The number of carbonyl (C=O) groups excluding carboxylic acids is 2. The lowest BCUT2D eigenvalue weighted by Gasteiger charge is -2.25. The third-order valence-electron chi connectivity index (χ3n) is 5.03. The summed E-state index contributed by atoms with van der Waals surface area (Å²) in [7, 11) is -3.60. The second-order valence-electron chi connectivity index (χ2n) is 7.70. The number of carbonyl (C=O) groups is 2. The van der Waals surface area contributed by atoms with Crippen LogP contribution in [0.1, 0.15) is 42.1 Å². The van der Waals surface area contributed by atoms with Crippen molar-refractivity contribution in [3.63, 3.8) is 0 Å². The topological polar surface area (TPSA) is 113 Å². The molecule has 2 fully saturated rings. The molecule has 1 N–H and O–H groups in total. The first kappa shape index (κ1) is 19.8. The van der Waals surface area contributed by atoms with Gasteiger partial charge < -0.3 is 9.84 Å². The number of aromatic nitrogens is 1. The minimum Gasteiger partial charge on any atom is -0.361 e. The Kier molecular flexibility index (Phi) is 5.31. The Labute approximate surface area is 159 Å². The molecule has 2 saturated heterocycles.